The molecule has 2 amide bonds. The topological polar surface area (TPSA) is 116 Å². The Morgan fingerprint density at radius 1 is 0.939 bits per heavy atom. The Hall–Kier alpha value is -2.84. The summed E-state index contributed by atoms with van der Waals surface area (Å²) in [7, 11) is 0. The van der Waals surface area contributed by atoms with E-state index >= 15 is 0 Å². The number of benzene rings is 2. The van der Waals surface area contributed by atoms with Crippen molar-refractivity contribution in [1.29, 1.82) is 0 Å². The molecule has 3 rings (SSSR count). The van der Waals surface area contributed by atoms with E-state index in [0.29, 0.717) is 12.8 Å². The number of amides is 2. The second-order valence-corrected chi connectivity index (χ2v) is 9.09. The number of aliphatic hydroxyl groups is 1. The molecular formula is C25H30N2O5S. The van der Waals surface area contributed by atoms with Crippen molar-refractivity contribution in [2.24, 2.45) is 0 Å². The summed E-state index contributed by atoms with van der Waals surface area (Å²) < 4.78 is 0. The van der Waals surface area contributed by atoms with Crippen LogP contribution in [0, 0.1) is 0 Å². The lowest BCUT2D eigenvalue weighted by molar-refractivity contribution is -0.144. The molecule has 0 saturated heterocycles. The molecule has 1 fully saturated rings. The van der Waals surface area contributed by atoms with Gasteiger partial charge in [0.05, 0.1) is 6.61 Å². The Morgan fingerprint density at radius 3 is 2.12 bits per heavy atom. The highest BCUT2D eigenvalue weighted by molar-refractivity contribution is 7.81. The fourth-order valence-corrected chi connectivity index (χ4v) is 4.23. The molecule has 7 nitrogen and oxygen atoms in total. The van der Waals surface area contributed by atoms with Gasteiger partial charge in [-0.2, -0.15) is 12.6 Å². The summed E-state index contributed by atoms with van der Waals surface area (Å²) in [4.78, 5) is 37.5. The van der Waals surface area contributed by atoms with E-state index in [0.717, 1.165) is 36.0 Å². The van der Waals surface area contributed by atoms with Crippen molar-refractivity contribution >= 4 is 30.4 Å². The predicted molar refractivity (Wildman–Crippen MR) is 129 cm³/mol. The Morgan fingerprint density at radius 2 is 1.55 bits per heavy atom. The van der Waals surface area contributed by atoms with Gasteiger partial charge < -0.3 is 20.8 Å². The highest BCUT2D eigenvalue weighted by Gasteiger charge is 2.42. The first-order valence-corrected chi connectivity index (χ1v) is 11.7. The largest absolute Gasteiger partial charge is 0.480 e. The zero-order valence-electron chi connectivity index (χ0n) is 18.4. The minimum absolute atomic E-state index is 0.117. The van der Waals surface area contributed by atoms with Gasteiger partial charge in [-0.05, 0) is 29.5 Å². The van der Waals surface area contributed by atoms with Crippen molar-refractivity contribution in [3.05, 3.63) is 60.2 Å². The van der Waals surface area contributed by atoms with Gasteiger partial charge in [-0.3, -0.25) is 9.59 Å². The smallest absolute Gasteiger partial charge is 0.326 e. The van der Waals surface area contributed by atoms with E-state index in [1.54, 1.807) is 0 Å². The Labute approximate surface area is 199 Å². The standard InChI is InChI=1S/C25H30N2O5S/c28-16-21(33)22(29)27-25(13-5-2-6-14-25)24(32)26-20(23(30)31)15-17-9-11-19(12-10-17)18-7-3-1-4-8-18/h1,3-4,7-12,20-21,28,33H,2,5-6,13-16H2,(H,26,32)(H,27,29)(H,30,31). The summed E-state index contributed by atoms with van der Waals surface area (Å²) in [6.45, 7) is -0.455. The first-order chi connectivity index (χ1) is 15.8. The summed E-state index contributed by atoms with van der Waals surface area (Å²) in [6.07, 6.45) is 3.35. The number of aliphatic hydroxyl groups excluding tert-OH is 1. The molecule has 2 unspecified atom stereocenters. The molecule has 4 N–H and O–H groups in total. The number of rotatable bonds is 9. The third kappa shape index (κ3) is 6.36. The highest BCUT2D eigenvalue weighted by Crippen LogP contribution is 2.29. The van der Waals surface area contributed by atoms with Crippen LogP contribution in [-0.2, 0) is 20.8 Å². The van der Waals surface area contributed by atoms with Crippen LogP contribution in [0.4, 0.5) is 0 Å². The number of carboxylic acid groups (broad SMARTS) is 1. The Bertz CT molecular complexity index is 959. The fraction of sp³-hybridized carbons (Fsp3) is 0.400. The molecule has 2 aromatic rings. The van der Waals surface area contributed by atoms with Gasteiger partial charge >= 0.3 is 5.97 Å². The molecular weight excluding hydrogens is 440 g/mol. The first-order valence-electron chi connectivity index (χ1n) is 11.1. The molecule has 0 spiro atoms. The van der Waals surface area contributed by atoms with Crippen molar-refractivity contribution in [3.8, 4) is 11.1 Å². The van der Waals surface area contributed by atoms with Gasteiger partial charge in [0.15, 0.2) is 0 Å². The van der Waals surface area contributed by atoms with E-state index in [9.17, 15) is 24.6 Å². The molecule has 0 radical (unpaired) electrons. The van der Waals surface area contributed by atoms with Gasteiger partial charge in [-0.25, -0.2) is 4.79 Å². The summed E-state index contributed by atoms with van der Waals surface area (Å²) in [5.74, 6) is -2.20. The zero-order valence-corrected chi connectivity index (χ0v) is 19.3. The molecule has 2 atom stereocenters. The minimum atomic E-state index is -1.20. The lowest BCUT2D eigenvalue weighted by atomic mass is 9.80. The molecule has 33 heavy (non-hydrogen) atoms. The van der Waals surface area contributed by atoms with Crippen LogP contribution in [0.3, 0.4) is 0 Å². The van der Waals surface area contributed by atoms with E-state index < -0.39 is 41.2 Å². The Balaban J connectivity index is 1.72. The molecule has 0 bridgehead atoms. The average Bonchev–Trinajstić information content (AvgIpc) is 2.84. The summed E-state index contributed by atoms with van der Waals surface area (Å²) >= 11 is 4.05. The number of carbonyl (C=O) groups is 3. The number of carbonyl (C=O) groups excluding carboxylic acids is 2. The van der Waals surface area contributed by atoms with E-state index in [2.05, 4.69) is 23.3 Å². The number of aliphatic carboxylic acids is 1. The van der Waals surface area contributed by atoms with Crippen molar-refractivity contribution in [1.82, 2.24) is 10.6 Å². The number of carboxylic acids is 1. The second kappa shape index (κ2) is 11.3. The number of nitrogens with one attached hydrogen (secondary N) is 2. The molecule has 0 aromatic heterocycles. The van der Waals surface area contributed by atoms with Crippen LogP contribution in [0.25, 0.3) is 11.1 Å². The SMILES string of the molecule is O=C(NC1(C(=O)NC(Cc2ccc(-c3ccccc3)cc2)C(=O)O)CCCCC1)C(S)CO. The van der Waals surface area contributed by atoms with Crippen molar-refractivity contribution in [2.45, 2.75) is 55.4 Å². The van der Waals surface area contributed by atoms with Crippen LogP contribution in [0.5, 0.6) is 0 Å². The molecule has 0 heterocycles. The summed E-state index contributed by atoms with van der Waals surface area (Å²) in [6, 6.07) is 16.3. The van der Waals surface area contributed by atoms with E-state index in [4.69, 9.17) is 0 Å². The van der Waals surface area contributed by atoms with E-state index in [-0.39, 0.29) is 6.42 Å². The van der Waals surface area contributed by atoms with Crippen molar-refractivity contribution in [2.75, 3.05) is 6.61 Å². The first kappa shape index (κ1) is 24.8. The van der Waals surface area contributed by atoms with Crippen LogP contribution in [-0.4, -0.2) is 51.4 Å². The quantitative estimate of drug-likeness (QED) is 0.361. The average molecular weight is 471 g/mol. The van der Waals surface area contributed by atoms with Gasteiger partial charge in [0, 0.05) is 6.42 Å². The Kier molecular flexibility index (Phi) is 8.52. The molecule has 176 valence electrons. The van der Waals surface area contributed by atoms with Crippen molar-refractivity contribution < 1.29 is 24.6 Å². The van der Waals surface area contributed by atoms with Crippen LogP contribution < -0.4 is 10.6 Å². The molecule has 1 aliphatic carbocycles. The minimum Gasteiger partial charge on any atom is -0.480 e. The maximum absolute atomic E-state index is 13.2. The lowest BCUT2D eigenvalue weighted by Gasteiger charge is -2.38. The molecule has 1 saturated carbocycles. The number of hydrogen-bond acceptors (Lipinski definition) is 5. The monoisotopic (exact) mass is 470 g/mol. The maximum Gasteiger partial charge on any atom is 0.326 e. The van der Waals surface area contributed by atoms with Gasteiger partial charge in [0.2, 0.25) is 11.8 Å². The van der Waals surface area contributed by atoms with Gasteiger partial charge in [0.1, 0.15) is 16.8 Å². The third-order valence-corrected chi connectivity index (χ3v) is 6.48. The highest BCUT2D eigenvalue weighted by atomic mass is 32.1. The summed E-state index contributed by atoms with van der Waals surface area (Å²) in [5.41, 5.74) is 1.66. The van der Waals surface area contributed by atoms with E-state index in [1.807, 2.05) is 54.6 Å². The predicted octanol–water partition coefficient (Wildman–Crippen LogP) is 2.58. The van der Waals surface area contributed by atoms with Crippen LogP contribution in [0.1, 0.15) is 37.7 Å². The molecule has 8 heteroatoms. The number of thiol groups is 1. The van der Waals surface area contributed by atoms with Gasteiger partial charge in [0.25, 0.3) is 0 Å². The molecule has 1 aliphatic rings. The summed E-state index contributed by atoms with van der Waals surface area (Å²) in [5, 5.41) is 23.4. The number of hydrogen-bond donors (Lipinski definition) is 5. The zero-order chi connectivity index (χ0) is 23.8. The van der Waals surface area contributed by atoms with Crippen molar-refractivity contribution in [3.63, 3.8) is 0 Å². The lowest BCUT2D eigenvalue weighted by Crippen LogP contribution is -2.63. The normalized spacial score (nSPS) is 16.9. The maximum atomic E-state index is 13.2. The van der Waals surface area contributed by atoms with E-state index in [1.165, 1.54) is 0 Å². The van der Waals surface area contributed by atoms with Crippen LogP contribution in [0.15, 0.2) is 54.6 Å². The molecule has 0 aliphatic heterocycles. The van der Waals surface area contributed by atoms with Crippen LogP contribution in [0.2, 0.25) is 0 Å². The second-order valence-electron chi connectivity index (χ2n) is 8.46. The van der Waals surface area contributed by atoms with Gasteiger partial charge in [-0.1, -0.05) is 73.9 Å². The van der Waals surface area contributed by atoms with Gasteiger partial charge in [-0.15, -0.1) is 0 Å². The third-order valence-electron chi connectivity index (χ3n) is 6.08. The fourth-order valence-electron chi connectivity index (χ4n) is 4.16. The van der Waals surface area contributed by atoms with Crippen LogP contribution >= 0.6 is 12.6 Å². The molecule has 2 aromatic carbocycles.